The molecule has 222 valence electrons. The topological polar surface area (TPSA) is 88.4 Å². The van der Waals surface area contributed by atoms with Gasteiger partial charge >= 0.3 is 5.97 Å². The maximum Gasteiger partial charge on any atom is 0.338 e. The summed E-state index contributed by atoms with van der Waals surface area (Å²) in [6.07, 6.45) is 1.76. The van der Waals surface area contributed by atoms with Crippen molar-refractivity contribution in [2.45, 2.75) is 26.5 Å². The van der Waals surface area contributed by atoms with Crippen LogP contribution in [0.5, 0.6) is 17.2 Å². The molecule has 0 saturated heterocycles. The van der Waals surface area contributed by atoms with Gasteiger partial charge in [-0.25, -0.2) is 9.79 Å². The first-order valence-corrected chi connectivity index (χ1v) is 14.9. The molecule has 11 heteroatoms. The number of esters is 1. The molecule has 0 spiro atoms. The second kappa shape index (κ2) is 13.1. The zero-order valence-corrected chi connectivity index (χ0v) is 26.2. The number of thiazole rings is 1. The molecular formula is C32H28Cl2N2O6S. The Morgan fingerprint density at radius 2 is 1.79 bits per heavy atom. The van der Waals surface area contributed by atoms with Crippen LogP contribution in [0.15, 0.2) is 81.7 Å². The molecule has 8 nitrogen and oxygen atoms in total. The Morgan fingerprint density at radius 3 is 2.47 bits per heavy atom. The van der Waals surface area contributed by atoms with Gasteiger partial charge in [-0.2, -0.15) is 0 Å². The lowest BCUT2D eigenvalue weighted by atomic mass is 9.96. The molecule has 5 rings (SSSR count). The van der Waals surface area contributed by atoms with Gasteiger partial charge in [-0.05, 0) is 67.4 Å². The van der Waals surface area contributed by atoms with Gasteiger partial charge in [0, 0.05) is 15.6 Å². The van der Waals surface area contributed by atoms with E-state index in [-0.39, 0.29) is 18.8 Å². The Balaban J connectivity index is 1.53. The van der Waals surface area contributed by atoms with Crippen LogP contribution in [-0.4, -0.2) is 31.4 Å². The number of ether oxygens (including phenoxy) is 4. The number of aromatic nitrogens is 1. The second-order valence-electron chi connectivity index (χ2n) is 9.51. The summed E-state index contributed by atoms with van der Waals surface area (Å²) in [5, 5.41) is 1.05. The third kappa shape index (κ3) is 6.34. The van der Waals surface area contributed by atoms with Gasteiger partial charge in [0.15, 0.2) is 16.3 Å². The first kappa shape index (κ1) is 30.4. The Morgan fingerprint density at radius 1 is 1.02 bits per heavy atom. The van der Waals surface area contributed by atoms with Crippen LogP contribution in [-0.2, 0) is 16.1 Å². The van der Waals surface area contributed by atoms with Crippen LogP contribution in [0, 0.1) is 0 Å². The fraction of sp³-hybridized carbons (Fsp3) is 0.219. The smallest absolute Gasteiger partial charge is 0.338 e. The van der Waals surface area contributed by atoms with Crippen molar-refractivity contribution in [3.8, 4) is 17.2 Å². The van der Waals surface area contributed by atoms with Crippen LogP contribution in [0.2, 0.25) is 10.0 Å². The molecule has 2 heterocycles. The van der Waals surface area contributed by atoms with Crippen LogP contribution in [0.3, 0.4) is 0 Å². The quantitative estimate of drug-likeness (QED) is 0.219. The SMILES string of the molecule is CCOC(=O)C1=C(C)N=c2sc(=Cc3ccc(OCc4ccc(Cl)cc4Cl)c(OC)c3)c(=O)n2C1c1ccc(OC)cc1. The number of carbonyl (C=O) groups excluding carboxylic acids is 1. The van der Waals surface area contributed by atoms with Crippen LogP contribution >= 0.6 is 34.5 Å². The summed E-state index contributed by atoms with van der Waals surface area (Å²) in [4.78, 5) is 32.1. The Kier molecular flexibility index (Phi) is 9.25. The van der Waals surface area contributed by atoms with E-state index < -0.39 is 12.0 Å². The zero-order chi connectivity index (χ0) is 30.7. The normalized spacial score (nSPS) is 14.7. The van der Waals surface area contributed by atoms with Gasteiger partial charge in [-0.3, -0.25) is 9.36 Å². The average Bonchev–Trinajstić information content (AvgIpc) is 3.30. The Bertz CT molecular complexity index is 1900. The largest absolute Gasteiger partial charge is 0.497 e. The number of methoxy groups -OCH3 is 2. The van der Waals surface area contributed by atoms with E-state index in [9.17, 15) is 9.59 Å². The maximum absolute atomic E-state index is 13.9. The van der Waals surface area contributed by atoms with Gasteiger partial charge in [-0.15, -0.1) is 0 Å². The van der Waals surface area contributed by atoms with E-state index in [0.717, 1.165) is 16.7 Å². The highest BCUT2D eigenvalue weighted by Crippen LogP contribution is 2.32. The van der Waals surface area contributed by atoms with Gasteiger partial charge in [0.25, 0.3) is 5.56 Å². The number of hydrogen-bond donors (Lipinski definition) is 0. The lowest BCUT2D eigenvalue weighted by molar-refractivity contribution is -0.139. The van der Waals surface area contributed by atoms with Gasteiger partial charge in [0.1, 0.15) is 12.4 Å². The Hall–Kier alpha value is -4.05. The van der Waals surface area contributed by atoms with E-state index in [0.29, 0.717) is 47.9 Å². The number of fused-ring (bicyclic) bond motifs is 1. The fourth-order valence-corrected chi connectivity index (χ4v) is 6.24. The molecule has 4 aromatic rings. The van der Waals surface area contributed by atoms with Crippen LogP contribution < -0.4 is 29.1 Å². The van der Waals surface area contributed by atoms with Gasteiger partial charge in [0.05, 0.1) is 42.7 Å². The molecule has 1 unspecified atom stereocenters. The minimum absolute atomic E-state index is 0.198. The minimum Gasteiger partial charge on any atom is -0.497 e. The molecule has 1 aliphatic rings. The molecule has 0 bridgehead atoms. The number of allylic oxidation sites excluding steroid dienone is 1. The maximum atomic E-state index is 13.9. The average molecular weight is 640 g/mol. The van der Waals surface area contributed by atoms with Crippen molar-refractivity contribution < 1.29 is 23.7 Å². The monoisotopic (exact) mass is 638 g/mol. The number of nitrogens with zero attached hydrogens (tertiary/aromatic N) is 2. The van der Waals surface area contributed by atoms with Gasteiger partial charge in [0.2, 0.25) is 0 Å². The summed E-state index contributed by atoms with van der Waals surface area (Å²) in [7, 11) is 3.12. The summed E-state index contributed by atoms with van der Waals surface area (Å²) in [5.41, 5.74) is 2.76. The molecule has 43 heavy (non-hydrogen) atoms. The van der Waals surface area contributed by atoms with Crippen molar-refractivity contribution >= 4 is 46.6 Å². The molecule has 3 aromatic carbocycles. The van der Waals surface area contributed by atoms with E-state index in [1.807, 2.05) is 18.2 Å². The summed E-state index contributed by atoms with van der Waals surface area (Å²) in [5.74, 6) is 1.15. The summed E-state index contributed by atoms with van der Waals surface area (Å²) < 4.78 is 24.2. The lowest BCUT2D eigenvalue weighted by Crippen LogP contribution is -2.39. The molecule has 0 aliphatic carbocycles. The number of rotatable bonds is 9. The number of carbonyl (C=O) groups is 1. The van der Waals surface area contributed by atoms with Crippen molar-refractivity contribution in [2.75, 3.05) is 20.8 Å². The van der Waals surface area contributed by atoms with E-state index in [2.05, 4.69) is 4.99 Å². The second-order valence-corrected chi connectivity index (χ2v) is 11.4. The van der Waals surface area contributed by atoms with Crippen molar-refractivity contribution in [3.63, 3.8) is 0 Å². The summed E-state index contributed by atoms with van der Waals surface area (Å²) in [6, 6.07) is 17.1. The predicted molar refractivity (Wildman–Crippen MR) is 167 cm³/mol. The van der Waals surface area contributed by atoms with Crippen molar-refractivity contribution in [2.24, 2.45) is 4.99 Å². The van der Waals surface area contributed by atoms with Crippen LogP contribution in [0.1, 0.15) is 36.6 Å². The van der Waals surface area contributed by atoms with E-state index >= 15 is 0 Å². The number of hydrogen-bond acceptors (Lipinski definition) is 8. The highest BCUT2D eigenvalue weighted by atomic mass is 35.5. The fourth-order valence-electron chi connectivity index (χ4n) is 4.73. The summed E-state index contributed by atoms with van der Waals surface area (Å²) in [6.45, 7) is 3.91. The molecule has 1 aliphatic heterocycles. The van der Waals surface area contributed by atoms with Crippen LogP contribution in [0.4, 0.5) is 0 Å². The zero-order valence-electron chi connectivity index (χ0n) is 23.9. The molecule has 1 atom stereocenters. The predicted octanol–water partition coefficient (Wildman–Crippen LogP) is 5.70. The van der Waals surface area contributed by atoms with Crippen molar-refractivity contribution in [1.29, 1.82) is 0 Å². The lowest BCUT2D eigenvalue weighted by Gasteiger charge is -2.24. The first-order valence-electron chi connectivity index (χ1n) is 13.3. The molecule has 0 fully saturated rings. The number of halogens is 2. The van der Waals surface area contributed by atoms with Gasteiger partial charge < -0.3 is 18.9 Å². The van der Waals surface area contributed by atoms with Gasteiger partial charge in [-0.1, -0.05) is 58.8 Å². The van der Waals surface area contributed by atoms with E-state index in [4.69, 9.17) is 42.1 Å². The van der Waals surface area contributed by atoms with Crippen molar-refractivity contribution in [1.82, 2.24) is 4.57 Å². The molecule has 0 N–H and O–H groups in total. The van der Waals surface area contributed by atoms with E-state index in [1.165, 1.54) is 11.3 Å². The molecule has 0 saturated carbocycles. The molecular weight excluding hydrogens is 611 g/mol. The highest BCUT2D eigenvalue weighted by molar-refractivity contribution is 7.07. The number of benzene rings is 3. The van der Waals surface area contributed by atoms with Crippen LogP contribution in [0.25, 0.3) is 6.08 Å². The summed E-state index contributed by atoms with van der Waals surface area (Å²) >= 11 is 13.5. The Labute approximate surface area is 262 Å². The third-order valence-corrected chi connectivity index (χ3v) is 8.40. The standard InChI is InChI=1S/C32H28Cl2N2O6S/c1-5-41-31(38)28-18(2)35-32-36(29(28)20-8-11-23(39-3)12-9-20)30(37)27(43-32)15-19-6-13-25(26(14-19)40-4)42-17-21-7-10-22(33)16-24(21)34/h6-16,29H,5,17H2,1-4H3. The first-order chi connectivity index (χ1) is 20.7. The molecule has 0 amide bonds. The third-order valence-electron chi connectivity index (χ3n) is 6.83. The van der Waals surface area contributed by atoms with E-state index in [1.54, 1.807) is 81.2 Å². The molecule has 1 aromatic heterocycles. The minimum atomic E-state index is -0.714. The molecule has 0 radical (unpaired) electrons. The van der Waals surface area contributed by atoms with Crippen molar-refractivity contribution in [3.05, 3.63) is 118 Å². The highest BCUT2D eigenvalue weighted by Gasteiger charge is 2.33.